The first-order valence-corrected chi connectivity index (χ1v) is 9.13. The van der Waals surface area contributed by atoms with Crippen LogP contribution < -0.4 is 5.32 Å². The number of nitrogens with zero attached hydrogens (tertiary/aromatic N) is 3. The van der Waals surface area contributed by atoms with Crippen molar-refractivity contribution in [1.82, 2.24) is 20.0 Å². The zero-order valence-electron chi connectivity index (χ0n) is 15.8. The van der Waals surface area contributed by atoms with Crippen LogP contribution in [0.2, 0.25) is 0 Å². The summed E-state index contributed by atoms with van der Waals surface area (Å²) in [6, 6.07) is 8.58. The number of rotatable bonds is 5. The molecule has 5 nitrogen and oxygen atoms in total. The Labute approximate surface area is 169 Å². The Kier molecular flexibility index (Phi) is 9.90. The van der Waals surface area contributed by atoms with E-state index in [1.165, 1.54) is 5.56 Å². The lowest BCUT2D eigenvalue weighted by Crippen LogP contribution is -2.43. The molecule has 1 aromatic carbocycles. The summed E-state index contributed by atoms with van der Waals surface area (Å²) in [5.74, 6) is 0.180. The molecule has 2 aliphatic heterocycles. The average Bonchev–Trinajstić information content (AvgIpc) is 3.06. The van der Waals surface area contributed by atoms with Crippen LogP contribution in [0.1, 0.15) is 28.8 Å². The summed E-state index contributed by atoms with van der Waals surface area (Å²) in [6.45, 7) is 7.26. The Bertz CT molecular complexity index is 547. The number of piperazine rings is 1. The number of amides is 1. The van der Waals surface area contributed by atoms with Crippen LogP contribution in [0, 0.1) is 0 Å². The molecule has 0 radical (unpaired) electrons. The van der Waals surface area contributed by atoms with Crippen LogP contribution in [-0.2, 0) is 6.54 Å². The highest BCUT2D eigenvalue weighted by molar-refractivity contribution is 5.94. The fourth-order valence-corrected chi connectivity index (χ4v) is 3.73. The van der Waals surface area contributed by atoms with Gasteiger partial charge in [0.2, 0.25) is 0 Å². The molecule has 0 aromatic heterocycles. The van der Waals surface area contributed by atoms with Gasteiger partial charge in [0, 0.05) is 57.4 Å². The van der Waals surface area contributed by atoms with Gasteiger partial charge in [0.25, 0.3) is 5.91 Å². The van der Waals surface area contributed by atoms with Crippen molar-refractivity contribution in [1.29, 1.82) is 0 Å². The first-order chi connectivity index (χ1) is 11.7. The van der Waals surface area contributed by atoms with Crippen molar-refractivity contribution >= 4 is 30.7 Å². The first kappa shape index (κ1) is 23.2. The molecule has 2 fully saturated rings. The van der Waals surface area contributed by atoms with Gasteiger partial charge >= 0.3 is 0 Å². The fourth-order valence-electron chi connectivity index (χ4n) is 3.73. The second kappa shape index (κ2) is 11.1. The zero-order valence-corrected chi connectivity index (χ0v) is 17.5. The topological polar surface area (TPSA) is 38.8 Å². The van der Waals surface area contributed by atoms with E-state index in [0.717, 1.165) is 64.2 Å². The minimum atomic E-state index is 0. The van der Waals surface area contributed by atoms with E-state index in [9.17, 15) is 4.79 Å². The van der Waals surface area contributed by atoms with E-state index < -0.39 is 0 Å². The number of hydrogen-bond donors (Lipinski definition) is 1. The number of nitrogens with one attached hydrogen (secondary N) is 1. The predicted molar refractivity (Wildman–Crippen MR) is 112 cm³/mol. The van der Waals surface area contributed by atoms with Gasteiger partial charge in [-0.15, -0.1) is 24.8 Å². The van der Waals surface area contributed by atoms with E-state index in [2.05, 4.69) is 34.3 Å². The summed E-state index contributed by atoms with van der Waals surface area (Å²) in [4.78, 5) is 19.6. The van der Waals surface area contributed by atoms with Gasteiger partial charge in [-0.05, 0) is 44.6 Å². The van der Waals surface area contributed by atoms with E-state index in [1.807, 2.05) is 24.1 Å². The number of halogens is 2. The molecule has 148 valence electrons. The van der Waals surface area contributed by atoms with Gasteiger partial charge in [0.1, 0.15) is 0 Å². The maximum Gasteiger partial charge on any atom is 0.254 e. The molecular weight excluding hydrogens is 371 g/mol. The molecule has 0 bridgehead atoms. The summed E-state index contributed by atoms with van der Waals surface area (Å²) in [6.07, 6.45) is 2.22. The van der Waals surface area contributed by atoms with Gasteiger partial charge in [-0.25, -0.2) is 0 Å². The Morgan fingerprint density at radius 2 is 1.73 bits per heavy atom. The molecule has 1 atom stereocenters. The molecule has 2 aliphatic rings. The van der Waals surface area contributed by atoms with E-state index >= 15 is 0 Å². The molecular formula is C19H32Cl2N4O. The Morgan fingerprint density at radius 3 is 2.35 bits per heavy atom. The van der Waals surface area contributed by atoms with Crippen molar-refractivity contribution < 1.29 is 4.79 Å². The number of likely N-dealkylation sites (tertiary alicyclic amines) is 1. The van der Waals surface area contributed by atoms with Crippen LogP contribution in [0.15, 0.2) is 24.3 Å². The minimum Gasteiger partial charge on any atom is -0.334 e. The monoisotopic (exact) mass is 402 g/mol. The molecule has 1 unspecified atom stereocenters. The van der Waals surface area contributed by atoms with E-state index in [1.54, 1.807) is 0 Å². The van der Waals surface area contributed by atoms with Gasteiger partial charge in [-0.1, -0.05) is 12.1 Å². The molecule has 1 aromatic rings. The first-order valence-electron chi connectivity index (χ1n) is 9.13. The average molecular weight is 403 g/mol. The molecule has 0 spiro atoms. The summed E-state index contributed by atoms with van der Waals surface area (Å²) < 4.78 is 0. The summed E-state index contributed by atoms with van der Waals surface area (Å²) in [5.41, 5.74) is 2.12. The van der Waals surface area contributed by atoms with Crippen LogP contribution >= 0.6 is 24.8 Å². The molecule has 0 saturated carbocycles. The number of benzene rings is 1. The molecule has 3 rings (SSSR count). The van der Waals surface area contributed by atoms with Crippen molar-refractivity contribution in [3.05, 3.63) is 35.4 Å². The van der Waals surface area contributed by atoms with Crippen LogP contribution in [-0.4, -0.2) is 80.0 Å². The van der Waals surface area contributed by atoms with Crippen molar-refractivity contribution in [2.24, 2.45) is 0 Å². The van der Waals surface area contributed by atoms with Gasteiger partial charge in [0.05, 0.1) is 0 Å². The summed E-state index contributed by atoms with van der Waals surface area (Å²) in [5, 5.41) is 3.20. The van der Waals surface area contributed by atoms with Crippen LogP contribution in [0.4, 0.5) is 0 Å². The standard InChI is InChI=1S/C19H30N4O.2ClH/c1-20-14-18-4-3-9-23(18)19(24)17-7-5-16(6-8-17)15-22-12-10-21(2)11-13-22;;/h5-8,18,20H,3-4,9-15H2,1-2H3;2*1H. The Hall–Kier alpha value is -0.850. The third kappa shape index (κ3) is 5.83. The third-order valence-corrected chi connectivity index (χ3v) is 5.28. The van der Waals surface area contributed by atoms with Gasteiger partial charge in [0.15, 0.2) is 0 Å². The lowest BCUT2D eigenvalue weighted by atomic mass is 10.1. The molecule has 7 heteroatoms. The minimum absolute atomic E-state index is 0. The summed E-state index contributed by atoms with van der Waals surface area (Å²) >= 11 is 0. The van der Waals surface area contributed by atoms with Crippen LogP contribution in [0.5, 0.6) is 0 Å². The lowest BCUT2D eigenvalue weighted by molar-refractivity contribution is 0.0737. The molecule has 1 N–H and O–H groups in total. The van der Waals surface area contributed by atoms with E-state index in [4.69, 9.17) is 0 Å². The Balaban J connectivity index is 0.00000169. The van der Waals surface area contributed by atoms with E-state index in [0.29, 0.717) is 6.04 Å². The maximum atomic E-state index is 12.8. The van der Waals surface area contributed by atoms with Crippen LogP contribution in [0.25, 0.3) is 0 Å². The number of carbonyl (C=O) groups is 1. The fraction of sp³-hybridized carbons (Fsp3) is 0.632. The van der Waals surface area contributed by atoms with Crippen molar-refractivity contribution in [3.63, 3.8) is 0 Å². The smallest absolute Gasteiger partial charge is 0.254 e. The highest BCUT2D eigenvalue weighted by Gasteiger charge is 2.28. The number of hydrogen-bond acceptors (Lipinski definition) is 4. The van der Waals surface area contributed by atoms with Gasteiger partial charge in [-0.2, -0.15) is 0 Å². The SMILES string of the molecule is CNCC1CCCN1C(=O)c1ccc(CN2CCN(C)CC2)cc1.Cl.Cl. The zero-order chi connectivity index (χ0) is 16.9. The number of carbonyl (C=O) groups excluding carboxylic acids is 1. The molecule has 26 heavy (non-hydrogen) atoms. The summed E-state index contributed by atoms with van der Waals surface area (Å²) in [7, 11) is 4.13. The quantitative estimate of drug-likeness (QED) is 0.818. The number of likely N-dealkylation sites (N-methyl/N-ethyl adjacent to an activating group) is 2. The molecule has 2 saturated heterocycles. The second-order valence-corrected chi connectivity index (χ2v) is 7.13. The van der Waals surface area contributed by atoms with Gasteiger partial charge in [-0.3, -0.25) is 9.69 Å². The Morgan fingerprint density at radius 1 is 1.08 bits per heavy atom. The second-order valence-electron chi connectivity index (χ2n) is 7.13. The molecule has 0 aliphatic carbocycles. The lowest BCUT2D eigenvalue weighted by Gasteiger charge is -2.32. The van der Waals surface area contributed by atoms with E-state index in [-0.39, 0.29) is 30.7 Å². The molecule has 1 amide bonds. The molecule has 2 heterocycles. The van der Waals surface area contributed by atoms with Crippen LogP contribution in [0.3, 0.4) is 0 Å². The highest BCUT2D eigenvalue weighted by atomic mass is 35.5. The predicted octanol–water partition coefficient (Wildman–Crippen LogP) is 2.10. The maximum absolute atomic E-state index is 12.8. The van der Waals surface area contributed by atoms with Crippen molar-refractivity contribution in [2.45, 2.75) is 25.4 Å². The largest absolute Gasteiger partial charge is 0.334 e. The highest BCUT2D eigenvalue weighted by Crippen LogP contribution is 2.20. The van der Waals surface area contributed by atoms with Crippen molar-refractivity contribution in [2.75, 3.05) is 53.4 Å². The third-order valence-electron chi connectivity index (χ3n) is 5.28. The van der Waals surface area contributed by atoms with Gasteiger partial charge < -0.3 is 15.1 Å². The normalized spacial score (nSPS) is 21.2. The van der Waals surface area contributed by atoms with Crippen molar-refractivity contribution in [3.8, 4) is 0 Å².